The summed E-state index contributed by atoms with van der Waals surface area (Å²) in [7, 11) is 0. The highest BCUT2D eigenvalue weighted by Gasteiger charge is 2.12. The van der Waals surface area contributed by atoms with E-state index < -0.39 is 5.97 Å². The number of rotatable bonds is 7. The van der Waals surface area contributed by atoms with Crippen LogP contribution in [0.5, 0.6) is 5.75 Å². The quantitative estimate of drug-likeness (QED) is 0.430. The maximum absolute atomic E-state index is 12.2. The van der Waals surface area contributed by atoms with Gasteiger partial charge in [0.1, 0.15) is 12.4 Å². The van der Waals surface area contributed by atoms with Gasteiger partial charge < -0.3 is 13.9 Å². The number of hydrogen-bond donors (Lipinski definition) is 0. The highest BCUT2D eigenvalue weighted by atomic mass is 16.5. The molecule has 0 saturated carbocycles. The molecule has 1 aromatic heterocycles. The summed E-state index contributed by atoms with van der Waals surface area (Å²) in [5, 5.41) is 7.89. The molecule has 0 N–H and O–H groups in total. The highest BCUT2D eigenvalue weighted by Crippen LogP contribution is 2.18. The van der Waals surface area contributed by atoms with E-state index >= 15 is 0 Å². The van der Waals surface area contributed by atoms with Crippen molar-refractivity contribution in [3.63, 3.8) is 0 Å². The van der Waals surface area contributed by atoms with E-state index in [1.165, 1.54) is 0 Å². The number of ether oxygens (including phenoxy) is 2. The zero-order chi connectivity index (χ0) is 19.9. The van der Waals surface area contributed by atoms with E-state index in [0.29, 0.717) is 18.1 Å². The van der Waals surface area contributed by atoms with Crippen molar-refractivity contribution in [2.45, 2.75) is 13.2 Å². The molecule has 6 heteroatoms. The Morgan fingerprint density at radius 3 is 2.21 bits per heavy atom. The van der Waals surface area contributed by atoms with Crippen LogP contribution in [0.1, 0.15) is 21.8 Å². The Hall–Kier alpha value is -3.93. The zero-order valence-corrected chi connectivity index (χ0v) is 15.5. The van der Waals surface area contributed by atoms with E-state index in [1.807, 2.05) is 72.8 Å². The van der Waals surface area contributed by atoms with Crippen LogP contribution >= 0.6 is 0 Å². The van der Waals surface area contributed by atoms with Gasteiger partial charge >= 0.3 is 5.97 Å². The van der Waals surface area contributed by atoms with Gasteiger partial charge in [0.2, 0.25) is 5.89 Å². The van der Waals surface area contributed by atoms with Crippen molar-refractivity contribution in [3.8, 4) is 17.2 Å². The van der Waals surface area contributed by atoms with Gasteiger partial charge in [-0.05, 0) is 42.0 Å². The first-order chi connectivity index (χ1) is 14.3. The van der Waals surface area contributed by atoms with E-state index in [1.54, 1.807) is 12.1 Å². The van der Waals surface area contributed by atoms with E-state index in [9.17, 15) is 4.79 Å². The number of hydrogen-bond acceptors (Lipinski definition) is 6. The van der Waals surface area contributed by atoms with Gasteiger partial charge in [0.05, 0.1) is 5.56 Å². The van der Waals surface area contributed by atoms with Crippen LogP contribution in [0.15, 0.2) is 89.3 Å². The minimum atomic E-state index is -0.458. The van der Waals surface area contributed by atoms with E-state index in [-0.39, 0.29) is 12.5 Å². The molecule has 0 saturated heterocycles. The van der Waals surface area contributed by atoms with Crippen LogP contribution in [-0.4, -0.2) is 16.2 Å². The van der Waals surface area contributed by atoms with E-state index in [4.69, 9.17) is 13.9 Å². The number of esters is 1. The monoisotopic (exact) mass is 386 g/mol. The molecular formula is C23H18N2O4. The molecule has 29 heavy (non-hydrogen) atoms. The molecule has 4 aromatic rings. The van der Waals surface area contributed by atoms with E-state index in [0.717, 1.165) is 16.9 Å². The Morgan fingerprint density at radius 2 is 1.48 bits per heavy atom. The molecule has 0 unspecified atom stereocenters. The average Bonchev–Trinajstić information content (AvgIpc) is 3.27. The fourth-order valence-electron chi connectivity index (χ4n) is 2.64. The van der Waals surface area contributed by atoms with Crippen LogP contribution < -0.4 is 4.74 Å². The number of carbonyl (C=O) groups excluding carboxylic acids is 1. The van der Waals surface area contributed by atoms with Gasteiger partial charge in [0.25, 0.3) is 5.89 Å². The van der Waals surface area contributed by atoms with Crippen molar-refractivity contribution in [1.82, 2.24) is 10.2 Å². The summed E-state index contributed by atoms with van der Waals surface area (Å²) in [4.78, 5) is 12.2. The molecule has 0 amide bonds. The zero-order valence-electron chi connectivity index (χ0n) is 15.5. The molecule has 0 atom stereocenters. The second-order valence-electron chi connectivity index (χ2n) is 6.24. The maximum atomic E-state index is 12.2. The summed E-state index contributed by atoms with van der Waals surface area (Å²) in [6.07, 6.45) is 0. The van der Waals surface area contributed by atoms with Crippen LogP contribution in [0.3, 0.4) is 0 Å². The Kier molecular flexibility index (Phi) is 5.62. The lowest BCUT2D eigenvalue weighted by molar-refractivity contribution is 0.0438. The van der Waals surface area contributed by atoms with Gasteiger partial charge in [-0.1, -0.05) is 48.5 Å². The highest BCUT2D eigenvalue weighted by molar-refractivity contribution is 5.89. The Balaban J connectivity index is 1.30. The number of benzene rings is 3. The third-order valence-corrected chi connectivity index (χ3v) is 4.15. The van der Waals surface area contributed by atoms with Crippen LogP contribution in [0.2, 0.25) is 0 Å². The first-order valence-electron chi connectivity index (χ1n) is 9.10. The Labute approximate surface area is 167 Å². The minimum Gasteiger partial charge on any atom is -0.489 e. The normalized spacial score (nSPS) is 10.5. The molecule has 144 valence electrons. The summed E-state index contributed by atoms with van der Waals surface area (Å²) < 4.78 is 16.5. The molecule has 0 bridgehead atoms. The van der Waals surface area contributed by atoms with E-state index in [2.05, 4.69) is 10.2 Å². The molecule has 3 aromatic carbocycles. The molecule has 6 nitrogen and oxygen atoms in total. The first kappa shape index (κ1) is 18.4. The van der Waals surface area contributed by atoms with Crippen molar-refractivity contribution in [2.75, 3.05) is 0 Å². The molecule has 0 spiro atoms. The molecule has 0 aliphatic carbocycles. The standard InChI is InChI=1S/C23H18N2O4/c26-23(28-16-21-24-25-22(29-21)18-7-3-1-4-8-18)19-13-11-17(12-14-19)15-27-20-9-5-2-6-10-20/h1-14H,15-16H2. The van der Waals surface area contributed by atoms with Crippen LogP contribution in [0, 0.1) is 0 Å². The van der Waals surface area contributed by atoms with Gasteiger partial charge in [-0.3, -0.25) is 0 Å². The summed E-state index contributed by atoms with van der Waals surface area (Å²) in [6.45, 7) is 0.334. The minimum absolute atomic E-state index is 0.0858. The van der Waals surface area contributed by atoms with Crippen molar-refractivity contribution in [3.05, 3.63) is 102 Å². The molecule has 4 rings (SSSR count). The van der Waals surface area contributed by atoms with Crippen LogP contribution in [-0.2, 0) is 18.0 Å². The summed E-state index contributed by atoms with van der Waals surface area (Å²) in [6, 6.07) is 26.0. The Bertz CT molecular complexity index is 1060. The van der Waals surface area contributed by atoms with Gasteiger partial charge in [0, 0.05) is 5.56 Å². The molecular weight excluding hydrogens is 368 g/mol. The molecule has 0 aliphatic heterocycles. The molecule has 0 radical (unpaired) electrons. The second-order valence-corrected chi connectivity index (χ2v) is 6.24. The summed E-state index contributed by atoms with van der Waals surface area (Å²) >= 11 is 0. The fraction of sp³-hybridized carbons (Fsp3) is 0.0870. The van der Waals surface area contributed by atoms with Crippen molar-refractivity contribution >= 4 is 5.97 Å². The Morgan fingerprint density at radius 1 is 0.793 bits per heavy atom. The van der Waals surface area contributed by atoms with Gasteiger partial charge in [0.15, 0.2) is 6.61 Å². The van der Waals surface area contributed by atoms with Gasteiger partial charge in [-0.2, -0.15) is 0 Å². The van der Waals surface area contributed by atoms with Crippen molar-refractivity contribution in [1.29, 1.82) is 0 Å². The summed E-state index contributed by atoms with van der Waals surface area (Å²) in [5.41, 5.74) is 2.21. The lowest BCUT2D eigenvalue weighted by Crippen LogP contribution is -2.06. The second kappa shape index (κ2) is 8.84. The predicted molar refractivity (Wildman–Crippen MR) is 106 cm³/mol. The third-order valence-electron chi connectivity index (χ3n) is 4.15. The number of carbonyl (C=O) groups is 1. The van der Waals surface area contributed by atoms with Crippen LogP contribution in [0.25, 0.3) is 11.5 Å². The summed E-state index contributed by atoms with van der Waals surface area (Å²) in [5.74, 6) is 0.968. The fourth-order valence-corrected chi connectivity index (χ4v) is 2.64. The van der Waals surface area contributed by atoms with Gasteiger partial charge in [-0.25, -0.2) is 4.79 Å². The average molecular weight is 386 g/mol. The molecule has 0 fully saturated rings. The first-order valence-corrected chi connectivity index (χ1v) is 9.10. The number of para-hydroxylation sites is 1. The molecule has 1 heterocycles. The smallest absolute Gasteiger partial charge is 0.338 e. The SMILES string of the molecule is O=C(OCc1nnc(-c2ccccc2)o1)c1ccc(COc2ccccc2)cc1. The lowest BCUT2D eigenvalue weighted by atomic mass is 10.1. The van der Waals surface area contributed by atoms with Gasteiger partial charge in [-0.15, -0.1) is 10.2 Å². The maximum Gasteiger partial charge on any atom is 0.338 e. The topological polar surface area (TPSA) is 74.5 Å². The predicted octanol–water partition coefficient (Wildman–Crippen LogP) is 4.67. The molecule has 0 aliphatic rings. The third kappa shape index (κ3) is 4.87. The lowest BCUT2D eigenvalue weighted by Gasteiger charge is -2.07. The number of nitrogens with zero attached hydrogens (tertiary/aromatic N) is 2. The number of aromatic nitrogens is 2. The van der Waals surface area contributed by atoms with Crippen molar-refractivity contribution < 1.29 is 18.7 Å². The van der Waals surface area contributed by atoms with Crippen molar-refractivity contribution in [2.24, 2.45) is 0 Å². The van der Waals surface area contributed by atoms with Crippen LogP contribution in [0.4, 0.5) is 0 Å². The largest absolute Gasteiger partial charge is 0.489 e.